The smallest absolute Gasteiger partial charge is 0.338 e. The Morgan fingerprint density at radius 1 is 0.468 bits per heavy atom. The Morgan fingerprint density at radius 2 is 0.830 bits per heavy atom. The predicted octanol–water partition coefficient (Wildman–Crippen LogP) is 0.210. The Kier molecular flexibility index (Phi) is 29.8. The van der Waals surface area contributed by atoms with Crippen LogP contribution in [0.3, 0.4) is 0 Å². The molecule has 0 aliphatic rings. The highest BCUT2D eigenvalue weighted by molar-refractivity contribution is 5.89. The van der Waals surface area contributed by atoms with Crippen LogP contribution in [0, 0.1) is 0 Å². The van der Waals surface area contributed by atoms with Gasteiger partial charge in [-0.3, -0.25) is 4.79 Å². The summed E-state index contributed by atoms with van der Waals surface area (Å²) in [5, 5.41) is 11.0. The molecule has 1 amide bonds. The summed E-state index contributed by atoms with van der Waals surface area (Å²) in [5.41, 5.74) is 0.516. The Hall–Kier alpha value is -2.77. The number of ether oxygens (including phenoxy) is 11. The van der Waals surface area contributed by atoms with Gasteiger partial charge in [-0.2, -0.15) is 0 Å². The van der Waals surface area contributed by atoms with Gasteiger partial charge in [0.1, 0.15) is 19.8 Å². The van der Waals surface area contributed by atoms with Gasteiger partial charge in [-0.25, -0.2) is 9.59 Å². The van der Waals surface area contributed by atoms with E-state index in [9.17, 15) is 14.4 Å². The van der Waals surface area contributed by atoms with Crippen molar-refractivity contribution < 1.29 is 71.6 Å². The predicted molar refractivity (Wildman–Crippen MR) is 166 cm³/mol. The summed E-state index contributed by atoms with van der Waals surface area (Å²) >= 11 is 0. The molecule has 47 heavy (non-hydrogen) atoms. The second kappa shape index (κ2) is 33.1. The fourth-order valence-corrected chi connectivity index (χ4v) is 3.26. The van der Waals surface area contributed by atoms with Crippen molar-refractivity contribution in [3.05, 3.63) is 35.9 Å². The number of rotatable bonds is 35. The lowest BCUT2D eigenvalue weighted by atomic mass is 10.2. The van der Waals surface area contributed by atoms with E-state index in [-0.39, 0.29) is 19.2 Å². The zero-order valence-corrected chi connectivity index (χ0v) is 27.1. The van der Waals surface area contributed by atoms with E-state index in [0.717, 1.165) is 0 Å². The Labute approximate surface area is 276 Å². The van der Waals surface area contributed by atoms with Gasteiger partial charge in [0.05, 0.1) is 124 Å². The topological polar surface area (TPSA) is 185 Å². The average Bonchev–Trinajstić information content (AvgIpc) is 3.07. The highest BCUT2D eigenvalue weighted by atomic mass is 16.6. The van der Waals surface area contributed by atoms with Gasteiger partial charge in [0.2, 0.25) is 5.91 Å². The first-order valence-corrected chi connectivity index (χ1v) is 15.6. The zero-order chi connectivity index (χ0) is 33.9. The SMILES string of the molecule is O=C(O)COCC(=O)NCCOCCOCCOCCOCCOCCOCCOCCOCCOCCOC(=O)c1ccccc1. The number of benzene rings is 1. The summed E-state index contributed by atoms with van der Waals surface area (Å²) in [7, 11) is 0. The second-order valence-corrected chi connectivity index (χ2v) is 9.25. The standard InChI is InChI=1S/C31H51NO15/c33-29(26-46-27-30(34)35)32-6-7-37-8-9-38-10-11-39-12-13-40-14-15-41-16-17-42-18-19-43-20-21-44-22-23-45-24-25-47-31(36)28-4-2-1-3-5-28/h1-5H,6-27H2,(H,32,33)(H,34,35). The van der Waals surface area contributed by atoms with E-state index in [2.05, 4.69) is 10.1 Å². The maximum absolute atomic E-state index is 11.8. The number of nitrogens with one attached hydrogen (secondary N) is 1. The first-order valence-electron chi connectivity index (χ1n) is 15.6. The van der Waals surface area contributed by atoms with Gasteiger partial charge >= 0.3 is 11.9 Å². The van der Waals surface area contributed by atoms with E-state index >= 15 is 0 Å². The van der Waals surface area contributed by atoms with Crippen molar-refractivity contribution in [3.63, 3.8) is 0 Å². The minimum Gasteiger partial charge on any atom is -0.480 e. The van der Waals surface area contributed by atoms with E-state index in [1.807, 2.05) is 6.07 Å². The van der Waals surface area contributed by atoms with Crippen molar-refractivity contribution in [2.24, 2.45) is 0 Å². The number of carbonyl (C=O) groups is 3. The Balaban J connectivity index is 1.65. The monoisotopic (exact) mass is 677 g/mol. The van der Waals surface area contributed by atoms with E-state index in [0.29, 0.717) is 131 Å². The minimum absolute atomic E-state index is 0.191. The van der Waals surface area contributed by atoms with Crippen LogP contribution in [0.1, 0.15) is 10.4 Å². The van der Waals surface area contributed by atoms with Gasteiger partial charge < -0.3 is 62.5 Å². The third-order valence-corrected chi connectivity index (χ3v) is 5.47. The number of amides is 1. The zero-order valence-electron chi connectivity index (χ0n) is 27.1. The van der Waals surface area contributed by atoms with Crippen LogP contribution >= 0.6 is 0 Å². The third kappa shape index (κ3) is 30.3. The van der Waals surface area contributed by atoms with Gasteiger partial charge in [-0.1, -0.05) is 18.2 Å². The highest BCUT2D eigenvalue weighted by Crippen LogP contribution is 2.00. The Morgan fingerprint density at radius 3 is 1.21 bits per heavy atom. The largest absolute Gasteiger partial charge is 0.480 e. The van der Waals surface area contributed by atoms with Crippen LogP contribution in [-0.2, 0) is 61.7 Å². The number of esters is 1. The number of carbonyl (C=O) groups excluding carboxylic acids is 2. The maximum atomic E-state index is 11.8. The molecule has 270 valence electrons. The van der Waals surface area contributed by atoms with Gasteiger partial charge in [-0.15, -0.1) is 0 Å². The van der Waals surface area contributed by atoms with Crippen LogP contribution in [-0.4, -0.2) is 168 Å². The molecule has 0 aromatic heterocycles. The van der Waals surface area contributed by atoms with Gasteiger partial charge in [0, 0.05) is 6.54 Å². The molecule has 0 bridgehead atoms. The molecular formula is C31H51NO15. The summed E-state index contributed by atoms with van der Waals surface area (Å²) in [6.45, 7) is 7.37. The lowest BCUT2D eigenvalue weighted by Gasteiger charge is -2.09. The Bertz CT molecular complexity index is 878. The second-order valence-electron chi connectivity index (χ2n) is 9.25. The number of carboxylic acid groups (broad SMARTS) is 1. The summed E-state index contributed by atoms with van der Waals surface area (Å²) in [6.07, 6.45) is 0. The van der Waals surface area contributed by atoms with Gasteiger partial charge in [0.15, 0.2) is 0 Å². The van der Waals surface area contributed by atoms with E-state index in [4.69, 9.17) is 52.5 Å². The lowest BCUT2D eigenvalue weighted by Crippen LogP contribution is -2.31. The van der Waals surface area contributed by atoms with Crippen LogP contribution in [0.4, 0.5) is 0 Å². The van der Waals surface area contributed by atoms with Crippen molar-refractivity contribution in [1.29, 1.82) is 0 Å². The summed E-state index contributed by atoms with van der Waals surface area (Å²) in [4.78, 5) is 33.4. The molecule has 0 atom stereocenters. The van der Waals surface area contributed by atoms with Crippen LogP contribution < -0.4 is 5.32 Å². The van der Waals surface area contributed by atoms with Crippen LogP contribution in [0.25, 0.3) is 0 Å². The van der Waals surface area contributed by atoms with E-state index < -0.39 is 18.5 Å². The molecule has 16 heteroatoms. The van der Waals surface area contributed by atoms with Gasteiger partial charge in [-0.05, 0) is 12.1 Å². The molecule has 1 aromatic carbocycles. The maximum Gasteiger partial charge on any atom is 0.338 e. The van der Waals surface area contributed by atoms with Crippen LogP contribution in [0.5, 0.6) is 0 Å². The van der Waals surface area contributed by atoms with Crippen molar-refractivity contribution in [3.8, 4) is 0 Å². The fraction of sp³-hybridized carbons (Fsp3) is 0.710. The summed E-state index contributed by atoms with van der Waals surface area (Å²) in [5.74, 6) is -1.89. The first-order chi connectivity index (χ1) is 23.1. The third-order valence-electron chi connectivity index (χ3n) is 5.47. The number of hydrogen-bond acceptors (Lipinski definition) is 14. The molecule has 0 saturated heterocycles. The summed E-state index contributed by atoms with van der Waals surface area (Å²) in [6, 6.07) is 8.81. The molecule has 0 unspecified atom stereocenters. The molecule has 0 spiro atoms. The van der Waals surface area contributed by atoms with Crippen LogP contribution in [0.2, 0.25) is 0 Å². The number of aliphatic carboxylic acids is 1. The summed E-state index contributed by atoms with van der Waals surface area (Å²) < 4.78 is 58.5. The fourth-order valence-electron chi connectivity index (χ4n) is 3.26. The number of hydrogen-bond donors (Lipinski definition) is 2. The molecule has 16 nitrogen and oxygen atoms in total. The van der Waals surface area contributed by atoms with Crippen molar-refractivity contribution in [2.75, 3.05) is 145 Å². The molecule has 1 aromatic rings. The average molecular weight is 678 g/mol. The molecule has 0 radical (unpaired) electrons. The number of carboxylic acids is 1. The molecule has 2 N–H and O–H groups in total. The molecule has 0 aliphatic heterocycles. The van der Waals surface area contributed by atoms with Crippen molar-refractivity contribution >= 4 is 17.8 Å². The molecular weight excluding hydrogens is 626 g/mol. The molecule has 0 fully saturated rings. The van der Waals surface area contributed by atoms with Crippen LogP contribution in [0.15, 0.2) is 30.3 Å². The normalized spacial score (nSPS) is 11.1. The van der Waals surface area contributed by atoms with Gasteiger partial charge in [0.25, 0.3) is 0 Å². The highest BCUT2D eigenvalue weighted by Gasteiger charge is 2.05. The van der Waals surface area contributed by atoms with E-state index in [1.54, 1.807) is 24.3 Å². The molecule has 0 heterocycles. The van der Waals surface area contributed by atoms with E-state index in [1.165, 1.54) is 0 Å². The molecule has 0 saturated carbocycles. The molecule has 1 rings (SSSR count). The van der Waals surface area contributed by atoms with Crippen molar-refractivity contribution in [2.45, 2.75) is 0 Å². The quantitative estimate of drug-likeness (QED) is 0.0733. The minimum atomic E-state index is -1.13. The van der Waals surface area contributed by atoms with Crippen molar-refractivity contribution in [1.82, 2.24) is 5.32 Å². The lowest BCUT2D eigenvalue weighted by molar-refractivity contribution is -0.143. The molecule has 0 aliphatic carbocycles. The first kappa shape index (κ1) is 42.3.